The molecule has 2 rings (SSSR count). The van der Waals surface area contributed by atoms with Gasteiger partial charge in [-0.25, -0.2) is 0 Å². The van der Waals surface area contributed by atoms with E-state index in [1.165, 1.54) is 0 Å². The quantitative estimate of drug-likeness (QED) is 0.795. The average Bonchev–Trinajstić information content (AvgIpc) is 2.44. The van der Waals surface area contributed by atoms with Gasteiger partial charge in [-0.15, -0.1) is 0 Å². The van der Waals surface area contributed by atoms with Crippen molar-refractivity contribution in [2.45, 2.75) is 6.92 Å². The third-order valence-corrected chi connectivity index (χ3v) is 4.06. The predicted molar refractivity (Wildman–Crippen MR) is 89.2 cm³/mol. The minimum Gasteiger partial charge on any atom is -0.497 e. The summed E-state index contributed by atoms with van der Waals surface area (Å²) in [6.07, 6.45) is 0. The van der Waals surface area contributed by atoms with Crippen molar-refractivity contribution in [2.75, 3.05) is 18.2 Å². The molecule has 0 saturated carbocycles. The lowest BCUT2D eigenvalue weighted by Gasteiger charge is -2.11. The van der Waals surface area contributed by atoms with Gasteiger partial charge in [0, 0.05) is 21.2 Å². The van der Waals surface area contributed by atoms with E-state index in [2.05, 4.69) is 21.2 Å². The smallest absolute Gasteiger partial charge is 0.257 e. The Morgan fingerprint density at radius 1 is 1.33 bits per heavy atom. The van der Waals surface area contributed by atoms with E-state index in [0.29, 0.717) is 27.7 Å². The number of amides is 1. The van der Waals surface area contributed by atoms with Crippen molar-refractivity contribution < 1.29 is 9.53 Å². The summed E-state index contributed by atoms with van der Waals surface area (Å²) < 4.78 is 5.81. The summed E-state index contributed by atoms with van der Waals surface area (Å²) in [5.74, 6) is 0.291. The van der Waals surface area contributed by atoms with E-state index < -0.39 is 0 Å². The number of hydrogen-bond acceptors (Lipinski definition) is 3. The Bertz CT molecular complexity index is 704. The van der Waals surface area contributed by atoms with Gasteiger partial charge in [-0.05, 0) is 52.7 Å². The maximum absolute atomic E-state index is 12.3. The number of halogens is 2. The van der Waals surface area contributed by atoms with E-state index in [4.69, 9.17) is 22.1 Å². The molecule has 0 aromatic heterocycles. The molecule has 0 saturated heterocycles. The SMILES string of the molecule is COc1ccc(C(=O)Nc2cc(Cl)c(C)cc2Br)c(N)c1. The number of nitrogens with two attached hydrogens (primary N) is 1. The fourth-order valence-electron chi connectivity index (χ4n) is 1.81. The number of carbonyl (C=O) groups excluding carboxylic acids is 1. The van der Waals surface area contributed by atoms with Crippen molar-refractivity contribution in [2.24, 2.45) is 0 Å². The highest BCUT2D eigenvalue weighted by atomic mass is 79.9. The highest BCUT2D eigenvalue weighted by Crippen LogP contribution is 2.30. The van der Waals surface area contributed by atoms with Crippen LogP contribution in [0, 0.1) is 6.92 Å². The van der Waals surface area contributed by atoms with Gasteiger partial charge in [0.1, 0.15) is 5.75 Å². The Morgan fingerprint density at radius 2 is 2.05 bits per heavy atom. The van der Waals surface area contributed by atoms with Crippen LogP contribution < -0.4 is 15.8 Å². The van der Waals surface area contributed by atoms with Crippen molar-refractivity contribution in [1.29, 1.82) is 0 Å². The number of hydrogen-bond donors (Lipinski definition) is 2. The van der Waals surface area contributed by atoms with Crippen LogP contribution in [0.2, 0.25) is 5.02 Å². The van der Waals surface area contributed by atoms with Crippen LogP contribution in [0.4, 0.5) is 11.4 Å². The fraction of sp³-hybridized carbons (Fsp3) is 0.133. The number of nitrogen functional groups attached to an aromatic ring is 1. The van der Waals surface area contributed by atoms with E-state index in [0.717, 1.165) is 10.0 Å². The lowest BCUT2D eigenvalue weighted by Crippen LogP contribution is -2.14. The molecule has 6 heteroatoms. The van der Waals surface area contributed by atoms with Gasteiger partial charge in [-0.3, -0.25) is 4.79 Å². The highest BCUT2D eigenvalue weighted by molar-refractivity contribution is 9.10. The zero-order valence-corrected chi connectivity index (χ0v) is 13.9. The molecule has 0 aliphatic carbocycles. The number of methoxy groups -OCH3 is 1. The Labute approximate surface area is 136 Å². The predicted octanol–water partition coefficient (Wildman–Crippen LogP) is 4.25. The molecule has 0 atom stereocenters. The van der Waals surface area contributed by atoms with Crippen molar-refractivity contribution in [3.63, 3.8) is 0 Å². The van der Waals surface area contributed by atoms with Crippen LogP contribution in [0.15, 0.2) is 34.8 Å². The number of carbonyl (C=O) groups is 1. The van der Waals surface area contributed by atoms with Crippen molar-refractivity contribution in [3.05, 3.63) is 51.0 Å². The van der Waals surface area contributed by atoms with Gasteiger partial charge in [0.05, 0.1) is 18.4 Å². The van der Waals surface area contributed by atoms with Crippen LogP contribution in [0.25, 0.3) is 0 Å². The number of ether oxygens (including phenoxy) is 1. The molecule has 21 heavy (non-hydrogen) atoms. The molecule has 2 aromatic rings. The maximum Gasteiger partial charge on any atom is 0.257 e. The van der Waals surface area contributed by atoms with E-state index in [1.54, 1.807) is 31.4 Å². The molecule has 1 amide bonds. The normalized spacial score (nSPS) is 10.3. The summed E-state index contributed by atoms with van der Waals surface area (Å²) in [6.45, 7) is 1.89. The second-order valence-electron chi connectivity index (χ2n) is 4.49. The standard InChI is InChI=1S/C15H14BrClN2O2/c1-8-5-11(16)14(7-12(8)17)19-15(20)10-4-3-9(21-2)6-13(10)18/h3-7H,18H2,1-2H3,(H,19,20). The van der Waals surface area contributed by atoms with Crippen LogP contribution in [-0.2, 0) is 0 Å². The van der Waals surface area contributed by atoms with Gasteiger partial charge in [-0.2, -0.15) is 0 Å². The molecular formula is C15H14BrClN2O2. The lowest BCUT2D eigenvalue weighted by molar-refractivity contribution is 0.102. The summed E-state index contributed by atoms with van der Waals surface area (Å²) in [6, 6.07) is 8.44. The third kappa shape index (κ3) is 3.49. The summed E-state index contributed by atoms with van der Waals surface area (Å²) in [7, 11) is 1.54. The monoisotopic (exact) mass is 368 g/mol. The number of nitrogens with one attached hydrogen (secondary N) is 1. The Balaban J connectivity index is 2.28. The van der Waals surface area contributed by atoms with Crippen molar-refractivity contribution in [1.82, 2.24) is 0 Å². The van der Waals surface area contributed by atoms with Crippen LogP contribution in [0.3, 0.4) is 0 Å². The highest BCUT2D eigenvalue weighted by Gasteiger charge is 2.13. The topological polar surface area (TPSA) is 64.3 Å². The minimum atomic E-state index is -0.309. The number of rotatable bonds is 3. The minimum absolute atomic E-state index is 0.309. The maximum atomic E-state index is 12.3. The fourth-order valence-corrected chi connectivity index (χ4v) is 2.53. The summed E-state index contributed by atoms with van der Waals surface area (Å²) in [5, 5.41) is 3.36. The summed E-state index contributed by atoms with van der Waals surface area (Å²) >= 11 is 9.47. The Morgan fingerprint density at radius 3 is 2.67 bits per heavy atom. The van der Waals surface area contributed by atoms with Crippen molar-refractivity contribution in [3.8, 4) is 5.75 Å². The molecule has 4 nitrogen and oxygen atoms in total. The largest absolute Gasteiger partial charge is 0.497 e. The van der Waals surface area contributed by atoms with E-state index in [1.807, 2.05) is 13.0 Å². The van der Waals surface area contributed by atoms with Gasteiger partial charge < -0.3 is 15.8 Å². The molecule has 0 spiro atoms. The molecule has 0 unspecified atom stereocenters. The van der Waals surface area contributed by atoms with Gasteiger partial charge in [0.15, 0.2) is 0 Å². The lowest BCUT2D eigenvalue weighted by atomic mass is 10.1. The van der Waals surface area contributed by atoms with Gasteiger partial charge in [-0.1, -0.05) is 11.6 Å². The van der Waals surface area contributed by atoms with Crippen LogP contribution in [-0.4, -0.2) is 13.0 Å². The van der Waals surface area contributed by atoms with Crippen LogP contribution in [0.5, 0.6) is 5.75 Å². The number of benzene rings is 2. The van der Waals surface area contributed by atoms with E-state index in [9.17, 15) is 4.79 Å². The Hall–Kier alpha value is -1.72. The molecule has 0 aliphatic rings. The van der Waals surface area contributed by atoms with Crippen LogP contribution >= 0.6 is 27.5 Å². The first-order valence-corrected chi connectivity index (χ1v) is 7.30. The molecule has 3 N–H and O–H groups in total. The Kier molecular flexibility index (Phi) is 4.75. The molecule has 0 fully saturated rings. The van der Waals surface area contributed by atoms with Gasteiger partial charge in [0.2, 0.25) is 0 Å². The van der Waals surface area contributed by atoms with E-state index >= 15 is 0 Å². The third-order valence-electron chi connectivity index (χ3n) is 3.00. The van der Waals surface area contributed by atoms with Gasteiger partial charge in [0.25, 0.3) is 5.91 Å². The van der Waals surface area contributed by atoms with Gasteiger partial charge >= 0.3 is 0 Å². The first-order chi connectivity index (χ1) is 9.92. The van der Waals surface area contributed by atoms with Crippen LogP contribution in [0.1, 0.15) is 15.9 Å². The molecule has 0 bridgehead atoms. The second-order valence-corrected chi connectivity index (χ2v) is 5.75. The molecule has 0 radical (unpaired) electrons. The summed E-state index contributed by atoms with van der Waals surface area (Å²) in [4.78, 5) is 12.3. The number of anilines is 2. The first-order valence-electron chi connectivity index (χ1n) is 6.13. The second kappa shape index (κ2) is 6.37. The first kappa shape index (κ1) is 15.7. The number of aryl methyl sites for hydroxylation is 1. The average molecular weight is 370 g/mol. The molecular weight excluding hydrogens is 356 g/mol. The molecule has 2 aromatic carbocycles. The summed E-state index contributed by atoms with van der Waals surface area (Å²) in [5.41, 5.74) is 8.10. The zero-order valence-electron chi connectivity index (χ0n) is 11.5. The van der Waals surface area contributed by atoms with E-state index in [-0.39, 0.29) is 5.91 Å². The molecule has 110 valence electrons. The zero-order chi connectivity index (χ0) is 15.6. The molecule has 0 aliphatic heterocycles. The van der Waals surface area contributed by atoms with Crippen molar-refractivity contribution >= 4 is 44.8 Å². The molecule has 0 heterocycles.